The molecule has 0 radical (unpaired) electrons. The molecule has 2 aliphatic rings. The monoisotopic (exact) mass is 170 g/mol. The first kappa shape index (κ1) is 8.01. The van der Waals surface area contributed by atoms with E-state index in [2.05, 4.69) is 10.6 Å². The standard InChI is InChI=1S/C8H14N2O2/c11-6-3-7(9-4-6)8(12)10-5-1-2-5/h5-7,9,11H,1-4H2,(H,10,12)/t6-,7-/m0/s1. The van der Waals surface area contributed by atoms with E-state index in [-0.39, 0.29) is 18.1 Å². The molecular weight excluding hydrogens is 156 g/mol. The van der Waals surface area contributed by atoms with Gasteiger partial charge < -0.3 is 15.7 Å². The fourth-order valence-electron chi connectivity index (χ4n) is 1.45. The van der Waals surface area contributed by atoms with E-state index in [1.54, 1.807) is 0 Å². The maximum Gasteiger partial charge on any atom is 0.237 e. The Hall–Kier alpha value is -0.610. The molecule has 4 heteroatoms. The minimum absolute atomic E-state index is 0.0500. The van der Waals surface area contributed by atoms with Gasteiger partial charge in [-0.05, 0) is 19.3 Å². The van der Waals surface area contributed by atoms with Crippen LogP contribution < -0.4 is 10.6 Å². The van der Waals surface area contributed by atoms with Crippen LogP contribution in [0.2, 0.25) is 0 Å². The van der Waals surface area contributed by atoms with Crippen molar-refractivity contribution in [1.82, 2.24) is 10.6 Å². The first-order valence-electron chi connectivity index (χ1n) is 4.47. The van der Waals surface area contributed by atoms with E-state index < -0.39 is 0 Å². The molecule has 3 N–H and O–H groups in total. The summed E-state index contributed by atoms with van der Waals surface area (Å²) in [6.45, 7) is 0.544. The summed E-state index contributed by atoms with van der Waals surface area (Å²) in [5.41, 5.74) is 0. The molecule has 0 spiro atoms. The maximum absolute atomic E-state index is 11.4. The zero-order valence-corrected chi connectivity index (χ0v) is 6.92. The molecule has 1 heterocycles. The Morgan fingerprint density at radius 2 is 2.25 bits per heavy atom. The maximum atomic E-state index is 11.4. The van der Waals surface area contributed by atoms with E-state index in [1.807, 2.05) is 0 Å². The molecule has 1 saturated heterocycles. The van der Waals surface area contributed by atoms with E-state index in [0.717, 1.165) is 12.8 Å². The summed E-state index contributed by atoms with van der Waals surface area (Å²) >= 11 is 0. The Morgan fingerprint density at radius 3 is 2.75 bits per heavy atom. The Kier molecular flexibility index (Phi) is 2.02. The number of aliphatic hydroxyl groups excluding tert-OH is 1. The molecule has 12 heavy (non-hydrogen) atoms. The molecule has 4 nitrogen and oxygen atoms in total. The van der Waals surface area contributed by atoms with Crippen molar-refractivity contribution in [3.63, 3.8) is 0 Å². The van der Waals surface area contributed by atoms with Crippen molar-refractivity contribution >= 4 is 5.91 Å². The van der Waals surface area contributed by atoms with Crippen LogP contribution in [0.3, 0.4) is 0 Å². The fourth-order valence-corrected chi connectivity index (χ4v) is 1.45. The van der Waals surface area contributed by atoms with Crippen molar-refractivity contribution in [3.05, 3.63) is 0 Å². The lowest BCUT2D eigenvalue weighted by Gasteiger charge is -2.09. The minimum Gasteiger partial charge on any atom is -0.392 e. The topological polar surface area (TPSA) is 61.4 Å². The first-order chi connectivity index (χ1) is 5.75. The number of hydrogen-bond donors (Lipinski definition) is 3. The summed E-state index contributed by atoms with van der Waals surface area (Å²) in [7, 11) is 0. The average Bonchev–Trinajstić information content (AvgIpc) is 2.72. The van der Waals surface area contributed by atoms with Crippen molar-refractivity contribution in [3.8, 4) is 0 Å². The second-order valence-corrected chi connectivity index (χ2v) is 3.63. The van der Waals surface area contributed by atoms with Crippen LogP contribution >= 0.6 is 0 Å². The van der Waals surface area contributed by atoms with Gasteiger partial charge in [0.25, 0.3) is 0 Å². The lowest BCUT2D eigenvalue weighted by molar-refractivity contribution is -0.123. The summed E-state index contributed by atoms with van der Waals surface area (Å²) in [6.07, 6.45) is 2.43. The minimum atomic E-state index is -0.347. The zero-order chi connectivity index (χ0) is 8.55. The van der Waals surface area contributed by atoms with Gasteiger partial charge >= 0.3 is 0 Å². The van der Waals surface area contributed by atoms with Crippen LogP contribution in [0, 0.1) is 0 Å². The molecule has 1 aliphatic heterocycles. The summed E-state index contributed by atoms with van der Waals surface area (Å²) < 4.78 is 0. The van der Waals surface area contributed by atoms with Gasteiger partial charge in [0.2, 0.25) is 5.91 Å². The highest BCUT2D eigenvalue weighted by Gasteiger charge is 2.31. The largest absolute Gasteiger partial charge is 0.392 e. The van der Waals surface area contributed by atoms with Crippen molar-refractivity contribution in [2.45, 2.75) is 37.5 Å². The van der Waals surface area contributed by atoms with E-state index in [0.29, 0.717) is 19.0 Å². The molecular formula is C8H14N2O2. The van der Waals surface area contributed by atoms with Gasteiger partial charge in [0, 0.05) is 12.6 Å². The summed E-state index contributed by atoms with van der Waals surface area (Å²) in [5.74, 6) is 0.0500. The third-order valence-electron chi connectivity index (χ3n) is 2.35. The molecule has 0 unspecified atom stereocenters. The van der Waals surface area contributed by atoms with Gasteiger partial charge in [-0.25, -0.2) is 0 Å². The van der Waals surface area contributed by atoms with Gasteiger partial charge in [-0.3, -0.25) is 4.79 Å². The van der Waals surface area contributed by atoms with Gasteiger partial charge in [0.1, 0.15) is 0 Å². The number of aliphatic hydroxyl groups is 1. The molecule has 1 aliphatic carbocycles. The molecule has 0 aromatic carbocycles. The second-order valence-electron chi connectivity index (χ2n) is 3.63. The number of amides is 1. The number of β-amino-alcohol motifs (C(OH)–C–C–N with tert-alkyl or cyclic N) is 1. The Labute approximate surface area is 71.3 Å². The van der Waals surface area contributed by atoms with Crippen LogP contribution in [-0.4, -0.2) is 35.7 Å². The smallest absolute Gasteiger partial charge is 0.237 e. The van der Waals surface area contributed by atoms with Crippen molar-refractivity contribution < 1.29 is 9.90 Å². The number of hydrogen-bond acceptors (Lipinski definition) is 3. The molecule has 0 aromatic heterocycles. The highest BCUT2D eigenvalue weighted by Crippen LogP contribution is 2.19. The van der Waals surface area contributed by atoms with Crippen LogP contribution in [0.15, 0.2) is 0 Å². The average molecular weight is 170 g/mol. The van der Waals surface area contributed by atoms with Crippen LogP contribution in [0.5, 0.6) is 0 Å². The number of rotatable bonds is 2. The fraction of sp³-hybridized carbons (Fsp3) is 0.875. The first-order valence-corrected chi connectivity index (χ1v) is 4.47. The summed E-state index contributed by atoms with van der Waals surface area (Å²) in [6, 6.07) is 0.248. The third kappa shape index (κ3) is 1.76. The van der Waals surface area contributed by atoms with Crippen molar-refractivity contribution in [1.29, 1.82) is 0 Å². The molecule has 0 aromatic rings. The Morgan fingerprint density at radius 1 is 1.50 bits per heavy atom. The predicted octanol–water partition coefficient (Wildman–Crippen LogP) is -1.01. The molecule has 1 saturated carbocycles. The molecule has 2 rings (SSSR count). The number of carbonyl (C=O) groups excluding carboxylic acids is 1. The van der Waals surface area contributed by atoms with E-state index in [9.17, 15) is 4.79 Å². The van der Waals surface area contributed by atoms with Crippen molar-refractivity contribution in [2.24, 2.45) is 0 Å². The molecule has 1 amide bonds. The lowest BCUT2D eigenvalue weighted by atomic mass is 10.2. The molecule has 68 valence electrons. The lowest BCUT2D eigenvalue weighted by Crippen LogP contribution is -2.41. The van der Waals surface area contributed by atoms with Gasteiger partial charge in [-0.2, -0.15) is 0 Å². The number of nitrogens with one attached hydrogen (secondary N) is 2. The summed E-state index contributed by atoms with van der Waals surface area (Å²) in [5, 5.41) is 15.0. The van der Waals surface area contributed by atoms with Crippen LogP contribution in [0.4, 0.5) is 0 Å². The molecule has 2 atom stereocenters. The third-order valence-corrected chi connectivity index (χ3v) is 2.35. The molecule has 2 fully saturated rings. The second kappa shape index (κ2) is 3.03. The number of carbonyl (C=O) groups is 1. The van der Waals surface area contributed by atoms with Gasteiger partial charge in [-0.1, -0.05) is 0 Å². The van der Waals surface area contributed by atoms with Gasteiger partial charge in [0.05, 0.1) is 12.1 Å². The van der Waals surface area contributed by atoms with E-state index in [4.69, 9.17) is 5.11 Å². The van der Waals surface area contributed by atoms with E-state index in [1.165, 1.54) is 0 Å². The van der Waals surface area contributed by atoms with Crippen LogP contribution in [0.1, 0.15) is 19.3 Å². The van der Waals surface area contributed by atoms with Crippen LogP contribution in [0.25, 0.3) is 0 Å². The van der Waals surface area contributed by atoms with Gasteiger partial charge in [-0.15, -0.1) is 0 Å². The Bertz CT molecular complexity index is 191. The highest BCUT2D eigenvalue weighted by molar-refractivity contribution is 5.82. The van der Waals surface area contributed by atoms with Crippen molar-refractivity contribution in [2.75, 3.05) is 6.54 Å². The molecule has 0 bridgehead atoms. The van der Waals surface area contributed by atoms with Gasteiger partial charge in [0.15, 0.2) is 0 Å². The normalized spacial score (nSPS) is 35.1. The summed E-state index contributed by atoms with van der Waals surface area (Å²) in [4.78, 5) is 11.4. The SMILES string of the molecule is O=C(NC1CC1)[C@@H]1C[C@H](O)CN1. The quantitative estimate of drug-likeness (QED) is 0.497. The highest BCUT2D eigenvalue weighted by atomic mass is 16.3. The predicted molar refractivity (Wildman–Crippen MR) is 43.6 cm³/mol. The zero-order valence-electron chi connectivity index (χ0n) is 6.92. The van der Waals surface area contributed by atoms with Crippen LogP contribution in [-0.2, 0) is 4.79 Å². The Balaban J connectivity index is 1.79. The van der Waals surface area contributed by atoms with E-state index >= 15 is 0 Å².